The first-order valence-electron chi connectivity index (χ1n) is 5.02. The van der Waals surface area contributed by atoms with Crippen molar-refractivity contribution in [3.8, 4) is 0 Å². The largest absolute Gasteiger partial charge is 0.522 e. The van der Waals surface area contributed by atoms with Crippen molar-refractivity contribution >= 4 is 0 Å². The van der Waals surface area contributed by atoms with Crippen molar-refractivity contribution in [3.63, 3.8) is 0 Å². The second-order valence-corrected chi connectivity index (χ2v) is 3.87. The second kappa shape index (κ2) is 3.92. The van der Waals surface area contributed by atoms with Gasteiger partial charge in [0.15, 0.2) is 5.79 Å². The van der Waals surface area contributed by atoms with Crippen molar-refractivity contribution in [2.24, 2.45) is 0 Å². The Bertz CT molecular complexity index is 213. The van der Waals surface area contributed by atoms with E-state index in [1.807, 2.05) is 0 Å². The Balaban J connectivity index is 1.81. The molecule has 1 aliphatic carbocycles. The van der Waals surface area contributed by atoms with Gasteiger partial charge in [0.25, 0.3) is 0 Å². The zero-order chi connectivity index (χ0) is 10.9. The maximum atomic E-state index is 11.9. The van der Waals surface area contributed by atoms with Gasteiger partial charge in [0.1, 0.15) is 0 Å². The van der Waals surface area contributed by atoms with Gasteiger partial charge in [-0.3, -0.25) is 4.74 Å². The molecule has 0 aromatic heterocycles. The average Bonchev–Trinajstić information content (AvgIpc) is 2.56. The van der Waals surface area contributed by atoms with Crippen LogP contribution in [0.1, 0.15) is 25.7 Å². The number of alkyl halides is 3. The van der Waals surface area contributed by atoms with Crippen LogP contribution in [0.4, 0.5) is 13.2 Å². The molecule has 0 radical (unpaired) electrons. The van der Waals surface area contributed by atoms with E-state index < -0.39 is 18.3 Å². The van der Waals surface area contributed by atoms with E-state index in [1.165, 1.54) is 0 Å². The molecule has 0 bridgehead atoms. The molecular weight excluding hydrogens is 213 g/mol. The molecule has 6 heteroatoms. The molecule has 1 spiro atoms. The number of hydrogen-bond donors (Lipinski definition) is 0. The molecule has 1 saturated carbocycles. The molecule has 88 valence electrons. The molecule has 0 aromatic carbocycles. The summed E-state index contributed by atoms with van der Waals surface area (Å²) in [5, 5.41) is 0. The fraction of sp³-hybridized carbons (Fsp3) is 1.00. The summed E-state index contributed by atoms with van der Waals surface area (Å²) in [7, 11) is 0. The van der Waals surface area contributed by atoms with Crippen molar-refractivity contribution in [1.29, 1.82) is 0 Å². The smallest absolute Gasteiger partial charge is 0.348 e. The van der Waals surface area contributed by atoms with Crippen LogP contribution in [0.5, 0.6) is 0 Å². The fourth-order valence-electron chi connectivity index (χ4n) is 2.12. The van der Waals surface area contributed by atoms with E-state index in [4.69, 9.17) is 9.47 Å². The van der Waals surface area contributed by atoms with Gasteiger partial charge in [0.2, 0.25) is 0 Å². The molecule has 2 aliphatic rings. The zero-order valence-electron chi connectivity index (χ0n) is 8.18. The van der Waals surface area contributed by atoms with Crippen LogP contribution < -0.4 is 0 Å². The summed E-state index contributed by atoms with van der Waals surface area (Å²) in [5.74, 6) is -0.620. The normalized spacial score (nSPS) is 27.4. The molecule has 0 atom stereocenters. The maximum absolute atomic E-state index is 11.9. The van der Waals surface area contributed by atoms with Crippen molar-refractivity contribution in [2.75, 3.05) is 13.2 Å². The van der Waals surface area contributed by atoms with Crippen LogP contribution in [0.3, 0.4) is 0 Å². The maximum Gasteiger partial charge on any atom is 0.522 e. The van der Waals surface area contributed by atoms with Gasteiger partial charge < -0.3 is 9.47 Å². The molecule has 2 fully saturated rings. The van der Waals surface area contributed by atoms with Crippen LogP contribution in [0.2, 0.25) is 0 Å². The molecule has 3 nitrogen and oxygen atoms in total. The second-order valence-electron chi connectivity index (χ2n) is 3.87. The lowest BCUT2D eigenvalue weighted by Crippen LogP contribution is -2.39. The SMILES string of the molecule is FC(F)(F)OC1CCC2(CC1)OCCO2. The van der Waals surface area contributed by atoms with Crippen molar-refractivity contribution in [2.45, 2.75) is 43.9 Å². The van der Waals surface area contributed by atoms with E-state index in [0.717, 1.165) is 0 Å². The predicted octanol–water partition coefficient (Wildman–Crippen LogP) is 2.21. The standard InChI is InChI=1S/C9H13F3O3/c10-9(11,12)15-7-1-3-8(4-2-7)13-5-6-14-8/h7H,1-6H2. The minimum Gasteiger partial charge on any atom is -0.348 e. The number of hydrogen-bond acceptors (Lipinski definition) is 3. The highest BCUT2D eigenvalue weighted by Crippen LogP contribution is 2.38. The third-order valence-corrected chi connectivity index (χ3v) is 2.81. The van der Waals surface area contributed by atoms with Gasteiger partial charge in [-0.05, 0) is 12.8 Å². The summed E-state index contributed by atoms with van der Waals surface area (Å²) in [6, 6.07) is 0. The third-order valence-electron chi connectivity index (χ3n) is 2.81. The van der Waals surface area contributed by atoms with E-state index in [9.17, 15) is 13.2 Å². The lowest BCUT2D eigenvalue weighted by Gasteiger charge is -2.35. The topological polar surface area (TPSA) is 27.7 Å². The van der Waals surface area contributed by atoms with E-state index >= 15 is 0 Å². The highest BCUT2D eigenvalue weighted by Gasteiger charge is 2.43. The van der Waals surface area contributed by atoms with Gasteiger partial charge in [-0.1, -0.05) is 0 Å². The first-order chi connectivity index (χ1) is 6.99. The lowest BCUT2D eigenvalue weighted by molar-refractivity contribution is -0.350. The lowest BCUT2D eigenvalue weighted by atomic mass is 9.92. The summed E-state index contributed by atoms with van der Waals surface area (Å²) in [5.41, 5.74) is 0. The van der Waals surface area contributed by atoms with Crippen LogP contribution in [0, 0.1) is 0 Å². The van der Waals surface area contributed by atoms with Gasteiger partial charge in [0, 0.05) is 12.8 Å². The molecule has 1 heterocycles. The van der Waals surface area contributed by atoms with Crippen LogP contribution in [0.25, 0.3) is 0 Å². The Morgan fingerprint density at radius 3 is 2.07 bits per heavy atom. The summed E-state index contributed by atoms with van der Waals surface area (Å²) in [4.78, 5) is 0. The first-order valence-corrected chi connectivity index (χ1v) is 5.02. The molecule has 0 N–H and O–H groups in total. The Hall–Kier alpha value is -0.330. The Morgan fingerprint density at radius 2 is 1.60 bits per heavy atom. The van der Waals surface area contributed by atoms with Crippen LogP contribution in [-0.4, -0.2) is 31.5 Å². The average molecular weight is 226 g/mol. The molecule has 15 heavy (non-hydrogen) atoms. The highest BCUT2D eigenvalue weighted by molar-refractivity contribution is 4.82. The van der Waals surface area contributed by atoms with Gasteiger partial charge >= 0.3 is 6.36 Å². The van der Waals surface area contributed by atoms with E-state index in [-0.39, 0.29) is 0 Å². The molecule has 1 aliphatic heterocycles. The molecule has 0 unspecified atom stereocenters. The summed E-state index contributed by atoms with van der Waals surface area (Å²) in [6.07, 6.45) is -3.66. The van der Waals surface area contributed by atoms with Crippen molar-refractivity contribution in [1.82, 2.24) is 0 Å². The number of halogens is 3. The highest BCUT2D eigenvalue weighted by atomic mass is 19.4. The van der Waals surface area contributed by atoms with Gasteiger partial charge in [-0.25, -0.2) is 0 Å². The Kier molecular flexibility index (Phi) is 2.92. The van der Waals surface area contributed by atoms with Crippen LogP contribution in [-0.2, 0) is 14.2 Å². The van der Waals surface area contributed by atoms with Crippen molar-refractivity contribution in [3.05, 3.63) is 0 Å². The number of ether oxygens (including phenoxy) is 3. The van der Waals surface area contributed by atoms with Gasteiger partial charge in [0.05, 0.1) is 19.3 Å². The third kappa shape index (κ3) is 2.83. The minimum atomic E-state index is -4.54. The van der Waals surface area contributed by atoms with E-state index in [0.29, 0.717) is 38.9 Å². The van der Waals surface area contributed by atoms with E-state index in [1.54, 1.807) is 0 Å². The zero-order valence-corrected chi connectivity index (χ0v) is 8.18. The quantitative estimate of drug-likeness (QED) is 0.686. The summed E-state index contributed by atoms with van der Waals surface area (Å²) < 4.78 is 50.5. The van der Waals surface area contributed by atoms with Crippen LogP contribution in [0.15, 0.2) is 0 Å². The predicted molar refractivity (Wildman–Crippen MR) is 44.0 cm³/mol. The summed E-state index contributed by atoms with van der Waals surface area (Å²) >= 11 is 0. The van der Waals surface area contributed by atoms with E-state index in [2.05, 4.69) is 4.74 Å². The number of rotatable bonds is 1. The van der Waals surface area contributed by atoms with Gasteiger partial charge in [-0.2, -0.15) is 0 Å². The molecule has 1 saturated heterocycles. The fourth-order valence-corrected chi connectivity index (χ4v) is 2.12. The first kappa shape index (κ1) is 11.2. The molecular formula is C9H13F3O3. The minimum absolute atomic E-state index is 0.333. The van der Waals surface area contributed by atoms with Crippen molar-refractivity contribution < 1.29 is 27.4 Å². The van der Waals surface area contributed by atoms with Crippen LogP contribution >= 0.6 is 0 Å². The Morgan fingerprint density at radius 1 is 1.07 bits per heavy atom. The molecule has 2 rings (SSSR count). The Labute approximate surface area is 85.5 Å². The molecule has 0 aromatic rings. The molecule has 0 amide bonds. The van der Waals surface area contributed by atoms with Gasteiger partial charge in [-0.15, -0.1) is 13.2 Å². The monoisotopic (exact) mass is 226 g/mol. The summed E-state index contributed by atoms with van der Waals surface area (Å²) in [6.45, 7) is 1.07.